The Hall–Kier alpha value is -1.48. The minimum atomic E-state index is 1.08. The van der Waals surface area contributed by atoms with Gasteiger partial charge in [-0.2, -0.15) is 0 Å². The fourth-order valence-corrected chi connectivity index (χ4v) is 1.68. The normalized spacial score (nSPS) is 9.88. The summed E-state index contributed by atoms with van der Waals surface area (Å²) >= 11 is 3.41. The molecule has 0 aliphatic heterocycles. The van der Waals surface area contributed by atoms with E-state index in [4.69, 9.17) is 0 Å². The Balaban J connectivity index is 2.11. The van der Waals surface area contributed by atoms with Gasteiger partial charge in [-0.1, -0.05) is 15.9 Å². The molecule has 0 spiro atoms. The van der Waals surface area contributed by atoms with Crippen molar-refractivity contribution < 1.29 is 0 Å². The van der Waals surface area contributed by atoms with Gasteiger partial charge in [0.05, 0.1) is 0 Å². The molecule has 0 bridgehead atoms. The highest BCUT2D eigenvalue weighted by Crippen LogP contribution is 2.20. The summed E-state index contributed by atoms with van der Waals surface area (Å²) in [5, 5.41) is 6.43. The Bertz CT molecular complexity index is 448. The van der Waals surface area contributed by atoms with Gasteiger partial charge in [0.25, 0.3) is 0 Å². The zero-order chi connectivity index (χ0) is 11.4. The standard InChI is InChI=1S/C13H13BrN2/c1-15-11-6-8-13(9-7-11)16-12-4-2-10(14)3-5-12/h2-9,15-16H,1H3. The number of hydrogen-bond donors (Lipinski definition) is 2. The van der Waals surface area contributed by atoms with Crippen molar-refractivity contribution in [2.24, 2.45) is 0 Å². The molecule has 0 saturated heterocycles. The molecule has 2 rings (SSSR count). The van der Waals surface area contributed by atoms with Crippen molar-refractivity contribution in [3.8, 4) is 0 Å². The fourth-order valence-electron chi connectivity index (χ4n) is 1.42. The van der Waals surface area contributed by atoms with Crippen molar-refractivity contribution in [2.75, 3.05) is 17.7 Å². The van der Waals surface area contributed by atoms with Gasteiger partial charge < -0.3 is 10.6 Å². The second kappa shape index (κ2) is 5.03. The smallest absolute Gasteiger partial charge is 0.0385 e. The van der Waals surface area contributed by atoms with Gasteiger partial charge in [0, 0.05) is 28.6 Å². The average Bonchev–Trinajstić information content (AvgIpc) is 2.33. The quantitative estimate of drug-likeness (QED) is 0.877. The topological polar surface area (TPSA) is 24.1 Å². The summed E-state index contributed by atoms with van der Waals surface area (Å²) in [6.07, 6.45) is 0. The van der Waals surface area contributed by atoms with Gasteiger partial charge in [0.15, 0.2) is 0 Å². The van der Waals surface area contributed by atoms with Crippen LogP contribution < -0.4 is 10.6 Å². The van der Waals surface area contributed by atoms with Gasteiger partial charge in [0.1, 0.15) is 0 Å². The van der Waals surface area contributed by atoms with Crippen LogP contribution in [0, 0.1) is 0 Å². The number of halogens is 1. The predicted octanol–water partition coefficient (Wildman–Crippen LogP) is 4.23. The van der Waals surface area contributed by atoms with E-state index in [0.717, 1.165) is 21.5 Å². The number of rotatable bonds is 3. The second-order valence-electron chi connectivity index (χ2n) is 3.46. The van der Waals surface area contributed by atoms with E-state index in [0.29, 0.717) is 0 Å². The third-order valence-electron chi connectivity index (χ3n) is 2.31. The Morgan fingerprint density at radius 1 is 0.750 bits per heavy atom. The summed E-state index contributed by atoms with van der Waals surface area (Å²) in [7, 11) is 1.91. The van der Waals surface area contributed by atoms with E-state index >= 15 is 0 Å². The van der Waals surface area contributed by atoms with Crippen molar-refractivity contribution >= 4 is 33.0 Å². The van der Waals surface area contributed by atoms with E-state index < -0.39 is 0 Å². The van der Waals surface area contributed by atoms with Gasteiger partial charge in [-0.3, -0.25) is 0 Å². The summed E-state index contributed by atoms with van der Waals surface area (Å²) in [5.41, 5.74) is 3.28. The lowest BCUT2D eigenvalue weighted by Crippen LogP contribution is -1.91. The first-order chi connectivity index (χ1) is 7.78. The molecule has 0 aliphatic carbocycles. The zero-order valence-corrected chi connectivity index (χ0v) is 10.6. The molecule has 0 heterocycles. The first-order valence-corrected chi connectivity index (χ1v) is 5.87. The third-order valence-corrected chi connectivity index (χ3v) is 2.84. The lowest BCUT2D eigenvalue weighted by atomic mass is 10.2. The van der Waals surface area contributed by atoms with E-state index in [9.17, 15) is 0 Å². The van der Waals surface area contributed by atoms with Crippen molar-refractivity contribution in [2.45, 2.75) is 0 Å². The maximum atomic E-state index is 3.41. The largest absolute Gasteiger partial charge is 0.388 e. The summed E-state index contributed by atoms with van der Waals surface area (Å²) in [6, 6.07) is 16.3. The molecule has 0 saturated carbocycles. The molecule has 2 nitrogen and oxygen atoms in total. The fraction of sp³-hybridized carbons (Fsp3) is 0.0769. The summed E-state index contributed by atoms with van der Waals surface area (Å²) in [4.78, 5) is 0. The Morgan fingerprint density at radius 3 is 1.69 bits per heavy atom. The SMILES string of the molecule is CNc1ccc(Nc2ccc(Br)cc2)cc1. The number of nitrogens with one attached hydrogen (secondary N) is 2. The molecule has 0 aliphatic rings. The Kier molecular flexibility index (Phi) is 3.47. The third kappa shape index (κ3) is 2.76. The zero-order valence-electron chi connectivity index (χ0n) is 9.00. The van der Waals surface area contributed by atoms with E-state index in [-0.39, 0.29) is 0 Å². The van der Waals surface area contributed by atoms with Gasteiger partial charge in [-0.05, 0) is 48.5 Å². The van der Waals surface area contributed by atoms with Gasteiger partial charge in [-0.15, -0.1) is 0 Å². The molecule has 0 radical (unpaired) electrons. The molecular formula is C13H13BrN2. The molecule has 3 heteroatoms. The summed E-state index contributed by atoms with van der Waals surface area (Å²) in [6.45, 7) is 0. The highest BCUT2D eigenvalue weighted by atomic mass is 79.9. The molecular weight excluding hydrogens is 264 g/mol. The van der Waals surface area contributed by atoms with Crippen LogP contribution in [0.1, 0.15) is 0 Å². The molecule has 0 fully saturated rings. The summed E-state index contributed by atoms with van der Waals surface area (Å²) in [5.74, 6) is 0. The maximum absolute atomic E-state index is 3.41. The molecule has 0 unspecified atom stereocenters. The molecule has 2 N–H and O–H groups in total. The van der Waals surface area contributed by atoms with Gasteiger partial charge in [0.2, 0.25) is 0 Å². The van der Waals surface area contributed by atoms with Crippen molar-refractivity contribution in [1.29, 1.82) is 0 Å². The van der Waals surface area contributed by atoms with Crippen molar-refractivity contribution in [3.05, 3.63) is 53.0 Å². The molecule has 16 heavy (non-hydrogen) atoms. The van der Waals surface area contributed by atoms with E-state index in [1.165, 1.54) is 0 Å². The van der Waals surface area contributed by atoms with Crippen LogP contribution in [0.15, 0.2) is 53.0 Å². The first kappa shape index (κ1) is 11.0. The molecule has 2 aromatic carbocycles. The van der Waals surface area contributed by atoms with Crippen LogP contribution in [0.5, 0.6) is 0 Å². The molecule has 82 valence electrons. The highest BCUT2D eigenvalue weighted by molar-refractivity contribution is 9.10. The minimum Gasteiger partial charge on any atom is -0.388 e. The van der Waals surface area contributed by atoms with Crippen LogP contribution in [0.4, 0.5) is 17.1 Å². The molecule has 0 aromatic heterocycles. The van der Waals surface area contributed by atoms with Crippen LogP contribution in [0.25, 0.3) is 0 Å². The predicted molar refractivity (Wildman–Crippen MR) is 73.4 cm³/mol. The van der Waals surface area contributed by atoms with Gasteiger partial charge in [-0.25, -0.2) is 0 Å². The molecule has 0 atom stereocenters. The Morgan fingerprint density at radius 2 is 1.19 bits per heavy atom. The van der Waals surface area contributed by atoms with Crippen molar-refractivity contribution in [3.63, 3.8) is 0 Å². The van der Waals surface area contributed by atoms with E-state index in [2.05, 4.69) is 26.6 Å². The molecule has 2 aromatic rings. The van der Waals surface area contributed by atoms with E-state index in [1.54, 1.807) is 0 Å². The highest BCUT2D eigenvalue weighted by Gasteiger charge is 1.94. The minimum absolute atomic E-state index is 1.08. The number of benzene rings is 2. The van der Waals surface area contributed by atoms with Crippen LogP contribution in [-0.4, -0.2) is 7.05 Å². The number of anilines is 3. The maximum Gasteiger partial charge on any atom is 0.0385 e. The number of hydrogen-bond acceptors (Lipinski definition) is 2. The van der Waals surface area contributed by atoms with E-state index in [1.807, 2.05) is 55.6 Å². The van der Waals surface area contributed by atoms with Crippen LogP contribution in [0.3, 0.4) is 0 Å². The monoisotopic (exact) mass is 276 g/mol. The lowest BCUT2D eigenvalue weighted by molar-refractivity contribution is 1.49. The van der Waals surface area contributed by atoms with Gasteiger partial charge >= 0.3 is 0 Å². The average molecular weight is 277 g/mol. The van der Waals surface area contributed by atoms with Crippen LogP contribution in [-0.2, 0) is 0 Å². The van der Waals surface area contributed by atoms with Crippen LogP contribution in [0.2, 0.25) is 0 Å². The lowest BCUT2D eigenvalue weighted by Gasteiger charge is -2.07. The molecule has 0 amide bonds. The van der Waals surface area contributed by atoms with Crippen LogP contribution >= 0.6 is 15.9 Å². The summed E-state index contributed by atoms with van der Waals surface area (Å²) < 4.78 is 1.09. The first-order valence-electron chi connectivity index (χ1n) is 5.08. The Labute approximate surface area is 104 Å². The second-order valence-corrected chi connectivity index (χ2v) is 4.37. The van der Waals surface area contributed by atoms with Crippen molar-refractivity contribution in [1.82, 2.24) is 0 Å².